The van der Waals surface area contributed by atoms with Gasteiger partial charge in [0.05, 0.1) is 52.6 Å². The van der Waals surface area contributed by atoms with E-state index in [1.165, 1.54) is 21.5 Å². The van der Waals surface area contributed by atoms with Gasteiger partial charge in [-0.25, -0.2) is 0 Å². The van der Waals surface area contributed by atoms with Gasteiger partial charge in [0, 0.05) is 6.42 Å². The zero-order valence-corrected chi connectivity index (χ0v) is 17.6. The third kappa shape index (κ3) is 5.13. The van der Waals surface area contributed by atoms with Crippen LogP contribution in [0.25, 0.3) is 0 Å². The highest BCUT2D eigenvalue weighted by molar-refractivity contribution is 5.91. The molecular weight excluding hydrogens is 429 g/mol. The van der Waals surface area contributed by atoms with Crippen molar-refractivity contribution in [1.29, 1.82) is 0 Å². The number of nitro groups is 1. The molecule has 0 radical (unpaired) electrons. The average molecular weight is 450 g/mol. The highest BCUT2D eigenvalue weighted by Crippen LogP contribution is 2.30. The van der Waals surface area contributed by atoms with Crippen molar-refractivity contribution in [3.8, 4) is 0 Å². The molecule has 0 bridgehead atoms. The quantitative estimate of drug-likeness (QED) is 0.432. The molecule has 3 rings (SSSR count). The van der Waals surface area contributed by atoms with Crippen LogP contribution in [-0.2, 0) is 24.1 Å². The van der Waals surface area contributed by atoms with Crippen molar-refractivity contribution >= 4 is 17.4 Å². The number of hydrogen-bond donors (Lipinski definition) is 1. The summed E-state index contributed by atoms with van der Waals surface area (Å²) >= 11 is 0. The van der Waals surface area contributed by atoms with E-state index in [2.05, 4.69) is 15.5 Å². The van der Waals surface area contributed by atoms with Crippen molar-refractivity contribution in [2.75, 3.05) is 5.32 Å². The number of alkyl halides is 3. The smallest absolute Gasteiger partial charge is 0.358 e. The second-order valence-corrected chi connectivity index (χ2v) is 7.32. The largest absolute Gasteiger partial charge is 0.416 e. The van der Waals surface area contributed by atoms with E-state index in [0.717, 1.165) is 12.1 Å². The molecule has 3 aromatic rings. The highest BCUT2D eigenvalue weighted by Gasteiger charge is 2.30. The van der Waals surface area contributed by atoms with Crippen LogP contribution in [-0.4, -0.2) is 30.4 Å². The van der Waals surface area contributed by atoms with Crippen LogP contribution < -0.4 is 5.32 Å². The van der Waals surface area contributed by atoms with Crippen LogP contribution in [0.15, 0.2) is 30.3 Å². The van der Waals surface area contributed by atoms with Crippen molar-refractivity contribution in [3.05, 3.63) is 68.7 Å². The Morgan fingerprint density at radius 2 is 1.88 bits per heavy atom. The SMILES string of the molecule is Cc1nn(Cc2cccc(C(F)(F)F)c2)c(C)c1NC(=O)CCn1nc([N+](=O)[O-])cc1C. The first-order chi connectivity index (χ1) is 15.0. The van der Waals surface area contributed by atoms with Gasteiger partial charge in [-0.2, -0.15) is 23.0 Å². The zero-order valence-electron chi connectivity index (χ0n) is 17.6. The van der Waals surface area contributed by atoms with Crippen molar-refractivity contribution in [2.45, 2.75) is 46.5 Å². The fraction of sp³-hybridized carbons (Fsp3) is 0.350. The van der Waals surface area contributed by atoms with E-state index >= 15 is 0 Å². The van der Waals surface area contributed by atoms with Crippen molar-refractivity contribution in [1.82, 2.24) is 19.6 Å². The standard InChI is InChI=1S/C20H21F3N6O3/c1-12-9-17(29(31)32)26-27(12)8-7-18(30)24-19-13(2)25-28(14(19)3)11-15-5-4-6-16(10-15)20(21,22)23/h4-6,9-10H,7-8,11H2,1-3H3,(H,24,30). The third-order valence-electron chi connectivity index (χ3n) is 4.94. The minimum atomic E-state index is -4.43. The first-order valence-electron chi connectivity index (χ1n) is 9.64. The van der Waals surface area contributed by atoms with Crippen LogP contribution in [0.3, 0.4) is 0 Å². The summed E-state index contributed by atoms with van der Waals surface area (Å²) in [7, 11) is 0. The van der Waals surface area contributed by atoms with Gasteiger partial charge in [-0.15, -0.1) is 0 Å². The summed E-state index contributed by atoms with van der Waals surface area (Å²) in [6, 6.07) is 6.32. The van der Waals surface area contributed by atoms with Gasteiger partial charge >= 0.3 is 12.0 Å². The topological polar surface area (TPSA) is 108 Å². The lowest BCUT2D eigenvalue weighted by atomic mass is 10.1. The molecule has 2 aromatic heterocycles. The fourth-order valence-corrected chi connectivity index (χ4v) is 3.27. The van der Waals surface area contributed by atoms with Crippen LogP contribution in [0.5, 0.6) is 0 Å². The molecule has 0 saturated carbocycles. The summed E-state index contributed by atoms with van der Waals surface area (Å²) in [4.78, 5) is 22.6. The van der Waals surface area contributed by atoms with E-state index in [1.807, 2.05) is 0 Å². The minimum Gasteiger partial charge on any atom is -0.358 e. The van der Waals surface area contributed by atoms with Crippen LogP contribution in [0.2, 0.25) is 0 Å². The van der Waals surface area contributed by atoms with E-state index in [1.54, 1.807) is 26.8 Å². The van der Waals surface area contributed by atoms with E-state index in [0.29, 0.717) is 28.3 Å². The van der Waals surface area contributed by atoms with Crippen LogP contribution >= 0.6 is 0 Å². The van der Waals surface area contributed by atoms with Gasteiger partial charge in [-0.3, -0.25) is 9.48 Å². The lowest BCUT2D eigenvalue weighted by molar-refractivity contribution is -0.389. The molecule has 12 heteroatoms. The van der Waals surface area contributed by atoms with Crippen LogP contribution in [0.4, 0.5) is 24.7 Å². The molecule has 1 aromatic carbocycles. The van der Waals surface area contributed by atoms with Gasteiger partial charge in [-0.1, -0.05) is 12.1 Å². The number of halogens is 3. The number of carbonyl (C=O) groups is 1. The van der Waals surface area contributed by atoms with Crippen molar-refractivity contribution in [3.63, 3.8) is 0 Å². The minimum absolute atomic E-state index is 0.0252. The first kappa shape index (κ1) is 23.0. The number of carbonyl (C=O) groups excluding carboxylic acids is 1. The molecule has 0 saturated heterocycles. The molecule has 9 nitrogen and oxygen atoms in total. The second kappa shape index (κ2) is 8.81. The Morgan fingerprint density at radius 3 is 2.50 bits per heavy atom. The molecule has 0 unspecified atom stereocenters. The normalized spacial score (nSPS) is 11.6. The number of nitrogens with one attached hydrogen (secondary N) is 1. The van der Waals surface area contributed by atoms with Crippen LogP contribution in [0, 0.1) is 30.9 Å². The van der Waals surface area contributed by atoms with Crippen molar-refractivity contribution < 1.29 is 22.9 Å². The summed E-state index contributed by atoms with van der Waals surface area (Å²) < 4.78 is 41.8. The molecule has 1 N–H and O–H groups in total. The predicted molar refractivity (Wildman–Crippen MR) is 109 cm³/mol. The van der Waals surface area contributed by atoms with Gasteiger partial charge in [0.1, 0.15) is 0 Å². The van der Waals surface area contributed by atoms with E-state index in [9.17, 15) is 28.1 Å². The maximum Gasteiger partial charge on any atom is 0.416 e. The summed E-state index contributed by atoms with van der Waals surface area (Å²) in [5, 5.41) is 21.7. The van der Waals surface area contributed by atoms with Gasteiger partial charge in [0.25, 0.3) is 0 Å². The molecule has 0 aliphatic heterocycles. The number of rotatable bonds is 7. The number of anilines is 1. The molecule has 0 atom stereocenters. The molecule has 2 heterocycles. The number of amides is 1. The lowest BCUT2D eigenvalue weighted by Crippen LogP contribution is -2.16. The molecule has 32 heavy (non-hydrogen) atoms. The maximum atomic E-state index is 12.9. The first-order valence-corrected chi connectivity index (χ1v) is 9.64. The van der Waals surface area contributed by atoms with Gasteiger partial charge in [-0.05, 0) is 43.4 Å². The molecule has 0 spiro atoms. The number of aryl methyl sites for hydroxylation is 3. The Bertz CT molecular complexity index is 1170. The van der Waals surface area contributed by atoms with Gasteiger partial charge < -0.3 is 15.4 Å². The fourth-order valence-electron chi connectivity index (χ4n) is 3.27. The molecule has 0 aliphatic carbocycles. The van der Waals surface area contributed by atoms with E-state index < -0.39 is 16.7 Å². The summed E-state index contributed by atoms with van der Waals surface area (Å²) in [6.45, 7) is 5.32. The highest BCUT2D eigenvalue weighted by atomic mass is 19.4. The molecular formula is C20H21F3N6O3. The van der Waals surface area contributed by atoms with Crippen LogP contribution in [0.1, 0.15) is 34.6 Å². The Balaban J connectivity index is 1.68. The van der Waals surface area contributed by atoms with Crippen molar-refractivity contribution in [2.24, 2.45) is 0 Å². The molecule has 1 amide bonds. The Labute approximate surface area is 181 Å². The maximum absolute atomic E-state index is 12.9. The summed E-state index contributed by atoms with van der Waals surface area (Å²) in [5.74, 6) is -0.627. The molecule has 0 fully saturated rings. The number of benzene rings is 1. The van der Waals surface area contributed by atoms with E-state index in [-0.39, 0.29) is 31.2 Å². The average Bonchev–Trinajstić information content (AvgIpc) is 3.21. The third-order valence-corrected chi connectivity index (χ3v) is 4.94. The number of hydrogen-bond acceptors (Lipinski definition) is 5. The zero-order chi connectivity index (χ0) is 23.6. The Hall–Kier alpha value is -3.70. The Kier molecular flexibility index (Phi) is 6.32. The Morgan fingerprint density at radius 1 is 1.16 bits per heavy atom. The summed E-state index contributed by atoms with van der Waals surface area (Å²) in [5.41, 5.74) is 1.85. The predicted octanol–water partition coefficient (Wildman–Crippen LogP) is 4.01. The number of aromatic nitrogens is 4. The second-order valence-electron chi connectivity index (χ2n) is 7.32. The van der Waals surface area contributed by atoms with Gasteiger partial charge in [0.2, 0.25) is 5.91 Å². The van der Waals surface area contributed by atoms with E-state index in [4.69, 9.17) is 0 Å². The lowest BCUT2D eigenvalue weighted by Gasteiger charge is -2.10. The molecule has 0 aliphatic rings. The monoisotopic (exact) mass is 450 g/mol. The summed E-state index contributed by atoms with van der Waals surface area (Å²) in [6.07, 6.45) is -4.41. The van der Waals surface area contributed by atoms with Gasteiger partial charge in [0.15, 0.2) is 0 Å². The number of nitrogens with zero attached hydrogens (tertiary/aromatic N) is 5. The molecule has 170 valence electrons.